The molecule has 0 unspecified atom stereocenters. The third-order valence-corrected chi connectivity index (χ3v) is 3.95. The molecule has 1 aromatic rings. The van der Waals surface area contributed by atoms with Crippen molar-refractivity contribution in [2.45, 2.75) is 37.6 Å². The van der Waals surface area contributed by atoms with Gasteiger partial charge in [-0.05, 0) is 32.5 Å². The van der Waals surface area contributed by atoms with Gasteiger partial charge in [-0.25, -0.2) is 0 Å². The van der Waals surface area contributed by atoms with E-state index in [-0.39, 0.29) is 11.4 Å². The number of hydrogen-bond acceptors (Lipinski definition) is 2. The second-order valence-corrected chi connectivity index (χ2v) is 5.76. The summed E-state index contributed by atoms with van der Waals surface area (Å²) in [4.78, 5) is 14.2. The molecular weight excluding hydrogens is 236 g/mol. The van der Waals surface area contributed by atoms with Crippen LogP contribution in [0.5, 0.6) is 0 Å². The topological polar surface area (TPSA) is 32.3 Å². The maximum Gasteiger partial charge on any atom is 0.221 e. The van der Waals surface area contributed by atoms with Crippen molar-refractivity contribution in [3.05, 3.63) is 35.9 Å². The Bertz CT molecular complexity index is 408. The van der Waals surface area contributed by atoms with Gasteiger partial charge in [-0.15, -0.1) is 0 Å². The normalized spacial score (nSPS) is 17.6. The SMILES string of the molecule is CN(C)CCC(=O)NC1(c2ccccc2)CCCC1. The molecule has 0 spiro atoms. The molecule has 104 valence electrons. The second kappa shape index (κ2) is 6.20. The Morgan fingerprint density at radius 2 is 1.84 bits per heavy atom. The first-order valence-corrected chi connectivity index (χ1v) is 7.14. The van der Waals surface area contributed by atoms with Gasteiger partial charge in [-0.1, -0.05) is 43.2 Å². The summed E-state index contributed by atoms with van der Waals surface area (Å²) in [6, 6.07) is 10.4. The van der Waals surface area contributed by atoms with Crippen LogP contribution in [0.1, 0.15) is 37.7 Å². The number of carbonyl (C=O) groups excluding carboxylic acids is 1. The van der Waals surface area contributed by atoms with Crippen LogP contribution < -0.4 is 5.32 Å². The molecule has 3 nitrogen and oxygen atoms in total. The summed E-state index contributed by atoms with van der Waals surface area (Å²) in [6.45, 7) is 0.802. The molecule has 1 aliphatic carbocycles. The molecule has 2 rings (SSSR count). The van der Waals surface area contributed by atoms with Gasteiger partial charge in [0.25, 0.3) is 0 Å². The molecule has 0 aliphatic heterocycles. The van der Waals surface area contributed by atoms with Gasteiger partial charge >= 0.3 is 0 Å². The molecule has 1 fully saturated rings. The first-order chi connectivity index (χ1) is 9.12. The number of hydrogen-bond donors (Lipinski definition) is 1. The van der Waals surface area contributed by atoms with E-state index in [1.54, 1.807) is 0 Å². The van der Waals surface area contributed by atoms with Gasteiger partial charge in [0.2, 0.25) is 5.91 Å². The minimum absolute atomic E-state index is 0.120. The monoisotopic (exact) mass is 260 g/mol. The molecule has 0 heterocycles. The maximum absolute atomic E-state index is 12.1. The van der Waals surface area contributed by atoms with Crippen molar-refractivity contribution in [3.8, 4) is 0 Å². The van der Waals surface area contributed by atoms with Crippen molar-refractivity contribution >= 4 is 5.91 Å². The Labute approximate surface area is 116 Å². The van der Waals surface area contributed by atoms with Crippen LogP contribution in [0.4, 0.5) is 0 Å². The van der Waals surface area contributed by atoms with E-state index in [1.807, 2.05) is 25.1 Å². The largest absolute Gasteiger partial charge is 0.347 e. The lowest BCUT2D eigenvalue weighted by molar-refractivity contribution is -0.123. The summed E-state index contributed by atoms with van der Waals surface area (Å²) < 4.78 is 0. The minimum atomic E-state index is -0.120. The fourth-order valence-corrected chi connectivity index (χ4v) is 2.88. The summed E-state index contributed by atoms with van der Waals surface area (Å²) >= 11 is 0. The molecule has 1 amide bonds. The standard InChI is InChI=1S/C16H24N2O/c1-18(2)13-10-15(19)17-16(11-6-7-12-16)14-8-4-3-5-9-14/h3-5,8-9H,6-7,10-13H2,1-2H3,(H,17,19). The van der Waals surface area contributed by atoms with Gasteiger partial charge in [-0.3, -0.25) is 4.79 Å². The maximum atomic E-state index is 12.1. The fraction of sp³-hybridized carbons (Fsp3) is 0.562. The molecule has 0 saturated heterocycles. The van der Waals surface area contributed by atoms with E-state index in [1.165, 1.54) is 18.4 Å². The highest BCUT2D eigenvalue weighted by atomic mass is 16.1. The fourth-order valence-electron chi connectivity index (χ4n) is 2.88. The van der Waals surface area contributed by atoms with E-state index in [2.05, 4.69) is 29.6 Å². The van der Waals surface area contributed by atoms with Gasteiger partial charge in [0, 0.05) is 13.0 Å². The number of amides is 1. The lowest BCUT2D eigenvalue weighted by atomic mass is 9.88. The molecule has 1 aliphatic rings. The van der Waals surface area contributed by atoms with Gasteiger partial charge in [0.05, 0.1) is 5.54 Å². The van der Waals surface area contributed by atoms with E-state index in [4.69, 9.17) is 0 Å². The summed E-state index contributed by atoms with van der Waals surface area (Å²) in [5.41, 5.74) is 1.13. The third kappa shape index (κ3) is 3.57. The van der Waals surface area contributed by atoms with Crippen molar-refractivity contribution in [3.63, 3.8) is 0 Å². The number of nitrogens with one attached hydrogen (secondary N) is 1. The van der Waals surface area contributed by atoms with Crippen molar-refractivity contribution in [1.29, 1.82) is 0 Å². The van der Waals surface area contributed by atoms with Crippen molar-refractivity contribution in [1.82, 2.24) is 10.2 Å². The van der Waals surface area contributed by atoms with Crippen molar-refractivity contribution in [2.75, 3.05) is 20.6 Å². The van der Waals surface area contributed by atoms with Crippen LogP contribution in [0.3, 0.4) is 0 Å². The van der Waals surface area contributed by atoms with Crippen LogP contribution >= 0.6 is 0 Å². The third-order valence-electron chi connectivity index (χ3n) is 3.95. The van der Waals surface area contributed by atoms with Crippen molar-refractivity contribution in [2.24, 2.45) is 0 Å². The zero-order valence-corrected chi connectivity index (χ0v) is 12.0. The first-order valence-electron chi connectivity index (χ1n) is 7.14. The number of rotatable bonds is 5. The number of benzene rings is 1. The van der Waals surface area contributed by atoms with E-state index in [0.717, 1.165) is 19.4 Å². The Balaban J connectivity index is 2.06. The van der Waals surface area contributed by atoms with Crippen LogP contribution in [-0.4, -0.2) is 31.4 Å². The summed E-state index contributed by atoms with van der Waals surface area (Å²) in [5.74, 6) is 0.166. The lowest BCUT2D eigenvalue weighted by Gasteiger charge is -2.31. The predicted octanol–water partition coefficient (Wildman–Crippen LogP) is 2.52. The van der Waals surface area contributed by atoms with Crippen LogP contribution in [0.15, 0.2) is 30.3 Å². The van der Waals surface area contributed by atoms with Crippen LogP contribution in [-0.2, 0) is 10.3 Å². The van der Waals surface area contributed by atoms with Crippen LogP contribution in [0.2, 0.25) is 0 Å². The Hall–Kier alpha value is -1.35. The van der Waals surface area contributed by atoms with Gasteiger partial charge in [0.1, 0.15) is 0 Å². The average Bonchev–Trinajstić information content (AvgIpc) is 2.87. The van der Waals surface area contributed by atoms with Gasteiger partial charge in [-0.2, -0.15) is 0 Å². The minimum Gasteiger partial charge on any atom is -0.347 e. The summed E-state index contributed by atoms with van der Waals surface area (Å²) in [6.07, 6.45) is 5.09. The highest BCUT2D eigenvalue weighted by Crippen LogP contribution is 2.38. The average molecular weight is 260 g/mol. The van der Waals surface area contributed by atoms with E-state index in [9.17, 15) is 4.79 Å². The Morgan fingerprint density at radius 1 is 1.21 bits per heavy atom. The van der Waals surface area contributed by atoms with E-state index in [0.29, 0.717) is 6.42 Å². The molecule has 0 atom stereocenters. The predicted molar refractivity (Wildman–Crippen MR) is 77.9 cm³/mol. The molecular formula is C16H24N2O. The van der Waals surface area contributed by atoms with Gasteiger partial charge in [0.15, 0.2) is 0 Å². The molecule has 1 saturated carbocycles. The quantitative estimate of drug-likeness (QED) is 0.882. The molecule has 0 radical (unpaired) electrons. The lowest BCUT2D eigenvalue weighted by Crippen LogP contribution is -2.44. The second-order valence-electron chi connectivity index (χ2n) is 5.76. The zero-order valence-electron chi connectivity index (χ0n) is 12.0. The smallest absolute Gasteiger partial charge is 0.221 e. The molecule has 1 N–H and O–H groups in total. The van der Waals surface area contributed by atoms with Crippen LogP contribution in [0.25, 0.3) is 0 Å². The molecule has 19 heavy (non-hydrogen) atoms. The van der Waals surface area contributed by atoms with E-state index >= 15 is 0 Å². The Kier molecular flexibility index (Phi) is 4.59. The summed E-state index contributed by atoms with van der Waals surface area (Å²) in [7, 11) is 3.99. The van der Waals surface area contributed by atoms with Crippen molar-refractivity contribution < 1.29 is 4.79 Å². The highest BCUT2D eigenvalue weighted by molar-refractivity contribution is 5.77. The molecule has 0 aromatic heterocycles. The number of carbonyl (C=O) groups is 1. The number of nitrogens with zero attached hydrogens (tertiary/aromatic N) is 1. The Morgan fingerprint density at radius 3 is 2.42 bits per heavy atom. The molecule has 1 aromatic carbocycles. The zero-order chi connectivity index (χ0) is 13.7. The molecule has 0 bridgehead atoms. The van der Waals surface area contributed by atoms with Gasteiger partial charge < -0.3 is 10.2 Å². The van der Waals surface area contributed by atoms with E-state index < -0.39 is 0 Å². The van der Waals surface area contributed by atoms with Crippen LogP contribution in [0, 0.1) is 0 Å². The summed E-state index contributed by atoms with van der Waals surface area (Å²) in [5, 5.41) is 3.30. The first kappa shape index (κ1) is 14.1. The highest BCUT2D eigenvalue weighted by Gasteiger charge is 2.36. The molecule has 3 heteroatoms.